The molecule has 1 aromatic rings. The normalized spacial score (nSPS) is 17.6. The van der Waals surface area contributed by atoms with Crippen LogP contribution < -0.4 is 16.8 Å². The number of rotatable bonds is 2. The van der Waals surface area contributed by atoms with Gasteiger partial charge in [-0.3, -0.25) is 0 Å². The lowest BCUT2D eigenvalue weighted by atomic mass is 9.86. The van der Waals surface area contributed by atoms with Crippen molar-refractivity contribution in [2.75, 3.05) is 18.8 Å². The van der Waals surface area contributed by atoms with Crippen LogP contribution in [-0.4, -0.2) is 13.1 Å². The van der Waals surface area contributed by atoms with Crippen LogP contribution in [0.1, 0.15) is 29.9 Å². The van der Waals surface area contributed by atoms with Gasteiger partial charge in [0, 0.05) is 6.54 Å². The van der Waals surface area contributed by atoms with Crippen molar-refractivity contribution in [3.63, 3.8) is 0 Å². The molecule has 1 aromatic carbocycles. The van der Waals surface area contributed by atoms with E-state index in [9.17, 15) is 0 Å². The van der Waals surface area contributed by atoms with Crippen LogP contribution in [0.2, 0.25) is 5.02 Å². The first kappa shape index (κ1) is 11.7. The predicted octanol–water partition coefficient (Wildman–Crippen LogP) is 1.85. The zero-order chi connectivity index (χ0) is 11.5. The lowest BCUT2D eigenvalue weighted by Gasteiger charge is -2.25. The largest absolute Gasteiger partial charge is 0.397 e. The van der Waals surface area contributed by atoms with Crippen molar-refractivity contribution in [1.82, 2.24) is 5.32 Å². The molecule has 0 aromatic heterocycles. The Morgan fingerprint density at radius 1 is 1.31 bits per heavy atom. The Bertz CT molecular complexity index is 373. The summed E-state index contributed by atoms with van der Waals surface area (Å²) in [5.74, 6) is 0.569. The Morgan fingerprint density at radius 3 is 2.62 bits per heavy atom. The minimum atomic E-state index is 0.464. The number of halogens is 1. The van der Waals surface area contributed by atoms with Crippen LogP contribution in [0.15, 0.2) is 12.1 Å². The van der Waals surface area contributed by atoms with Crippen LogP contribution >= 0.6 is 11.6 Å². The zero-order valence-electron chi connectivity index (χ0n) is 9.30. The van der Waals surface area contributed by atoms with Gasteiger partial charge in [-0.1, -0.05) is 17.7 Å². The topological polar surface area (TPSA) is 64.1 Å². The Hall–Kier alpha value is -0.770. The van der Waals surface area contributed by atoms with Crippen LogP contribution in [0, 0.1) is 0 Å². The van der Waals surface area contributed by atoms with Gasteiger partial charge in [0.15, 0.2) is 0 Å². The maximum absolute atomic E-state index is 6.01. The molecule has 0 bridgehead atoms. The summed E-state index contributed by atoms with van der Waals surface area (Å²) in [5, 5.41) is 3.97. The average molecular weight is 240 g/mol. The van der Waals surface area contributed by atoms with Gasteiger partial charge in [-0.25, -0.2) is 0 Å². The van der Waals surface area contributed by atoms with E-state index in [4.69, 9.17) is 23.1 Å². The molecule has 2 rings (SSSR count). The van der Waals surface area contributed by atoms with E-state index in [0.717, 1.165) is 31.5 Å². The van der Waals surface area contributed by atoms with Crippen LogP contribution in [0.5, 0.6) is 0 Å². The second kappa shape index (κ2) is 5.04. The van der Waals surface area contributed by atoms with E-state index in [2.05, 4.69) is 11.4 Å². The van der Waals surface area contributed by atoms with Crippen LogP contribution in [0.4, 0.5) is 5.69 Å². The third kappa shape index (κ3) is 2.17. The molecular weight excluding hydrogens is 222 g/mol. The fraction of sp³-hybridized carbons (Fsp3) is 0.500. The van der Waals surface area contributed by atoms with Crippen LogP contribution in [0.25, 0.3) is 0 Å². The second-order valence-corrected chi connectivity index (χ2v) is 4.66. The molecule has 1 saturated heterocycles. The fourth-order valence-corrected chi connectivity index (χ4v) is 2.57. The molecule has 5 N–H and O–H groups in total. The van der Waals surface area contributed by atoms with Gasteiger partial charge >= 0.3 is 0 Å². The molecule has 1 fully saturated rings. The molecule has 0 saturated carbocycles. The molecule has 1 heterocycles. The molecule has 0 radical (unpaired) electrons. The number of nitrogens with two attached hydrogens (primary N) is 2. The highest BCUT2D eigenvalue weighted by Crippen LogP contribution is 2.34. The number of hydrogen-bond donors (Lipinski definition) is 3. The summed E-state index contributed by atoms with van der Waals surface area (Å²) in [6.07, 6.45) is 2.29. The minimum absolute atomic E-state index is 0.464. The Labute approximate surface area is 101 Å². The van der Waals surface area contributed by atoms with Gasteiger partial charge in [-0.15, -0.1) is 0 Å². The molecular formula is C12H18ClN3. The Balaban J connectivity index is 2.35. The number of nitrogens with one attached hydrogen (secondary N) is 1. The highest BCUT2D eigenvalue weighted by atomic mass is 35.5. The molecule has 0 aliphatic carbocycles. The second-order valence-electron chi connectivity index (χ2n) is 4.26. The summed E-state index contributed by atoms with van der Waals surface area (Å²) < 4.78 is 0. The standard InChI is InChI=1S/C12H18ClN3/c13-11-2-1-9(10(7-14)12(11)15)8-3-5-16-6-4-8/h1-2,8,16H,3-7,14-15H2. The van der Waals surface area contributed by atoms with E-state index in [0.29, 0.717) is 23.2 Å². The molecule has 88 valence electrons. The van der Waals surface area contributed by atoms with Gasteiger partial charge in [-0.2, -0.15) is 0 Å². The molecule has 1 aliphatic heterocycles. The van der Waals surface area contributed by atoms with Crippen molar-refractivity contribution in [3.8, 4) is 0 Å². The summed E-state index contributed by atoms with van der Waals surface area (Å²) in [5.41, 5.74) is 14.7. The third-order valence-electron chi connectivity index (χ3n) is 3.32. The number of anilines is 1. The minimum Gasteiger partial charge on any atom is -0.397 e. The van der Waals surface area contributed by atoms with Crippen molar-refractivity contribution >= 4 is 17.3 Å². The van der Waals surface area contributed by atoms with Gasteiger partial charge in [-0.05, 0) is 49.0 Å². The highest BCUT2D eigenvalue weighted by molar-refractivity contribution is 6.33. The van der Waals surface area contributed by atoms with Gasteiger partial charge < -0.3 is 16.8 Å². The van der Waals surface area contributed by atoms with Crippen LogP contribution in [-0.2, 0) is 6.54 Å². The zero-order valence-corrected chi connectivity index (χ0v) is 10.1. The monoisotopic (exact) mass is 239 g/mol. The van der Waals surface area contributed by atoms with Crippen molar-refractivity contribution in [2.24, 2.45) is 5.73 Å². The smallest absolute Gasteiger partial charge is 0.0638 e. The molecule has 0 unspecified atom stereocenters. The van der Waals surface area contributed by atoms with Crippen molar-refractivity contribution in [2.45, 2.75) is 25.3 Å². The number of benzene rings is 1. The first-order valence-electron chi connectivity index (χ1n) is 5.71. The van der Waals surface area contributed by atoms with Crippen molar-refractivity contribution in [3.05, 3.63) is 28.3 Å². The highest BCUT2D eigenvalue weighted by Gasteiger charge is 2.19. The SMILES string of the molecule is NCc1c(C2CCNCC2)ccc(Cl)c1N. The van der Waals surface area contributed by atoms with E-state index in [-0.39, 0.29) is 0 Å². The fourth-order valence-electron chi connectivity index (χ4n) is 2.40. The van der Waals surface area contributed by atoms with Gasteiger partial charge in [0.1, 0.15) is 0 Å². The number of nitrogen functional groups attached to an aromatic ring is 1. The molecule has 3 nitrogen and oxygen atoms in total. The van der Waals surface area contributed by atoms with Gasteiger partial charge in [0.2, 0.25) is 0 Å². The van der Waals surface area contributed by atoms with Gasteiger partial charge in [0.25, 0.3) is 0 Å². The first-order chi connectivity index (χ1) is 7.74. The Kier molecular flexibility index (Phi) is 3.69. The van der Waals surface area contributed by atoms with Gasteiger partial charge in [0.05, 0.1) is 10.7 Å². The van der Waals surface area contributed by atoms with E-state index in [1.165, 1.54) is 5.56 Å². The first-order valence-corrected chi connectivity index (χ1v) is 6.09. The summed E-state index contributed by atoms with van der Waals surface area (Å²) in [7, 11) is 0. The summed E-state index contributed by atoms with van der Waals surface area (Å²) >= 11 is 6.01. The summed E-state index contributed by atoms with van der Waals surface area (Å²) in [6, 6.07) is 3.96. The summed E-state index contributed by atoms with van der Waals surface area (Å²) in [6.45, 7) is 2.60. The van der Waals surface area contributed by atoms with E-state index in [1.807, 2.05) is 6.07 Å². The summed E-state index contributed by atoms with van der Waals surface area (Å²) in [4.78, 5) is 0. The lowest BCUT2D eigenvalue weighted by molar-refractivity contribution is 0.458. The van der Waals surface area contributed by atoms with Crippen molar-refractivity contribution in [1.29, 1.82) is 0 Å². The molecule has 4 heteroatoms. The van der Waals surface area contributed by atoms with E-state index < -0.39 is 0 Å². The van der Waals surface area contributed by atoms with E-state index >= 15 is 0 Å². The molecule has 1 aliphatic rings. The lowest BCUT2D eigenvalue weighted by Crippen LogP contribution is -2.27. The quantitative estimate of drug-likeness (QED) is 0.691. The maximum Gasteiger partial charge on any atom is 0.0638 e. The average Bonchev–Trinajstić information content (AvgIpc) is 2.33. The number of piperidine rings is 1. The Morgan fingerprint density at radius 2 is 2.00 bits per heavy atom. The van der Waals surface area contributed by atoms with E-state index in [1.54, 1.807) is 0 Å². The molecule has 16 heavy (non-hydrogen) atoms. The van der Waals surface area contributed by atoms with Crippen molar-refractivity contribution < 1.29 is 0 Å². The molecule has 0 amide bonds. The molecule has 0 atom stereocenters. The third-order valence-corrected chi connectivity index (χ3v) is 3.65. The van der Waals surface area contributed by atoms with Crippen LogP contribution in [0.3, 0.4) is 0 Å². The molecule has 0 spiro atoms. The number of hydrogen-bond acceptors (Lipinski definition) is 3. The maximum atomic E-state index is 6.01. The predicted molar refractivity (Wildman–Crippen MR) is 68.6 cm³/mol.